The highest BCUT2D eigenvalue weighted by Gasteiger charge is 2.58. The topological polar surface area (TPSA) is 105 Å². The summed E-state index contributed by atoms with van der Waals surface area (Å²) in [5.74, 6) is 0.978. The zero-order valence-electron chi connectivity index (χ0n) is 16.1. The fourth-order valence-electron chi connectivity index (χ4n) is 4.65. The van der Waals surface area contributed by atoms with Gasteiger partial charge in [0.1, 0.15) is 12.7 Å². The van der Waals surface area contributed by atoms with Crippen molar-refractivity contribution >= 4 is 17.8 Å². The standard InChI is InChI=1S/C19H27N7O2/c1-20-19(21-6-2-3-8-25-11-23-24-12-25)22-7-9-26-17(27)15-13-4-5-14(10-13)16(15)18(26)28/h4-5,11-16H,2-3,6-10H2,1H3,(H2,20,21,22). The summed E-state index contributed by atoms with van der Waals surface area (Å²) in [7, 11) is 1.71. The number of aliphatic imine (C=N–C) groups is 1. The van der Waals surface area contributed by atoms with E-state index in [1.54, 1.807) is 19.7 Å². The number of nitrogens with one attached hydrogen (secondary N) is 2. The summed E-state index contributed by atoms with van der Waals surface area (Å²) >= 11 is 0. The summed E-state index contributed by atoms with van der Waals surface area (Å²) in [5.41, 5.74) is 0. The Hall–Kier alpha value is -2.71. The summed E-state index contributed by atoms with van der Waals surface area (Å²) in [6.45, 7) is 2.57. The molecule has 1 aliphatic heterocycles. The lowest BCUT2D eigenvalue weighted by atomic mass is 9.85. The van der Waals surface area contributed by atoms with Gasteiger partial charge in [-0.15, -0.1) is 10.2 Å². The van der Waals surface area contributed by atoms with E-state index in [9.17, 15) is 9.59 Å². The molecule has 2 amide bonds. The van der Waals surface area contributed by atoms with Crippen LogP contribution < -0.4 is 10.6 Å². The molecule has 1 aromatic heterocycles. The lowest BCUT2D eigenvalue weighted by Crippen LogP contribution is -2.43. The van der Waals surface area contributed by atoms with Crippen LogP contribution >= 0.6 is 0 Å². The number of aryl methyl sites for hydroxylation is 1. The highest BCUT2D eigenvalue weighted by Crippen LogP contribution is 2.52. The van der Waals surface area contributed by atoms with Crippen molar-refractivity contribution in [1.29, 1.82) is 0 Å². The van der Waals surface area contributed by atoms with Crippen LogP contribution in [0.25, 0.3) is 0 Å². The van der Waals surface area contributed by atoms with Crippen LogP contribution in [0.15, 0.2) is 29.8 Å². The van der Waals surface area contributed by atoms with E-state index < -0.39 is 0 Å². The van der Waals surface area contributed by atoms with Crippen molar-refractivity contribution in [2.45, 2.75) is 25.8 Å². The first-order valence-corrected chi connectivity index (χ1v) is 9.99. The van der Waals surface area contributed by atoms with E-state index in [-0.39, 0.29) is 35.5 Å². The van der Waals surface area contributed by atoms with Gasteiger partial charge in [-0.2, -0.15) is 0 Å². The lowest BCUT2D eigenvalue weighted by molar-refractivity contribution is -0.140. The predicted octanol–water partition coefficient (Wildman–Crippen LogP) is 0.0304. The number of hydrogen-bond acceptors (Lipinski definition) is 5. The number of fused-ring (bicyclic) bond motifs is 5. The minimum atomic E-state index is -0.120. The number of amides is 2. The number of allylic oxidation sites excluding steroid dienone is 2. The van der Waals surface area contributed by atoms with Crippen molar-refractivity contribution in [3.05, 3.63) is 24.8 Å². The molecule has 1 saturated carbocycles. The number of hydrogen-bond donors (Lipinski definition) is 2. The molecule has 4 rings (SSSR count). The molecule has 2 heterocycles. The van der Waals surface area contributed by atoms with Crippen LogP contribution in [0.4, 0.5) is 0 Å². The fraction of sp³-hybridized carbons (Fsp3) is 0.632. The largest absolute Gasteiger partial charge is 0.356 e. The van der Waals surface area contributed by atoms with Crippen LogP contribution in [-0.4, -0.2) is 64.1 Å². The molecule has 2 N–H and O–H groups in total. The molecular formula is C19H27N7O2. The molecule has 9 nitrogen and oxygen atoms in total. The molecule has 0 spiro atoms. The van der Waals surface area contributed by atoms with Gasteiger partial charge in [-0.05, 0) is 31.1 Å². The van der Waals surface area contributed by atoms with Gasteiger partial charge in [0.05, 0.1) is 11.8 Å². The molecule has 3 aliphatic rings. The Balaban J connectivity index is 1.16. The number of likely N-dealkylation sites (tertiary alicyclic amines) is 1. The highest BCUT2D eigenvalue weighted by molar-refractivity contribution is 6.06. The molecule has 0 radical (unpaired) electrons. The Kier molecular flexibility index (Phi) is 5.40. The van der Waals surface area contributed by atoms with E-state index in [1.807, 2.05) is 4.57 Å². The second-order valence-corrected chi connectivity index (χ2v) is 7.66. The van der Waals surface area contributed by atoms with Crippen molar-refractivity contribution in [3.8, 4) is 0 Å². The van der Waals surface area contributed by atoms with Gasteiger partial charge in [0.25, 0.3) is 0 Å². The van der Waals surface area contributed by atoms with Crippen molar-refractivity contribution in [2.75, 3.05) is 26.7 Å². The number of rotatable bonds is 8. The van der Waals surface area contributed by atoms with E-state index in [2.05, 4.69) is 38.0 Å². The third-order valence-electron chi connectivity index (χ3n) is 6.02. The van der Waals surface area contributed by atoms with Crippen molar-refractivity contribution in [1.82, 2.24) is 30.3 Å². The number of unbranched alkanes of at least 4 members (excludes halogenated alkanes) is 1. The summed E-state index contributed by atoms with van der Waals surface area (Å²) in [5, 5.41) is 14.0. The van der Waals surface area contributed by atoms with Crippen molar-refractivity contribution in [3.63, 3.8) is 0 Å². The zero-order chi connectivity index (χ0) is 19.5. The number of guanidine groups is 1. The van der Waals surface area contributed by atoms with Crippen LogP contribution in [0.2, 0.25) is 0 Å². The summed E-state index contributed by atoms with van der Waals surface area (Å²) in [4.78, 5) is 31.0. The molecule has 2 bridgehead atoms. The highest BCUT2D eigenvalue weighted by atomic mass is 16.2. The first-order valence-electron chi connectivity index (χ1n) is 9.99. The Morgan fingerprint density at radius 1 is 1.04 bits per heavy atom. The molecule has 150 valence electrons. The molecule has 1 saturated heterocycles. The molecular weight excluding hydrogens is 358 g/mol. The van der Waals surface area contributed by atoms with Crippen LogP contribution in [0.5, 0.6) is 0 Å². The number of carbonyl (C=O) groups excluding carboxylic acids is 2. The van der Waals surface area contributed by atoms with Gasteiger partial charge in [0.15, 0.2) is 5.96 Å². The minimum absolute atomic E-state index is 0.00517. The Labute approximate surface area is 164 Å². The van der Waals surface area contributed by atoms with Crippen LogP contribution in [0.3, 0.4) is 0 Å². The average molecular weight is 385 g/mol. The number of carbonyl (C=O) groups is 2. The van der Waals surface area contributed by atoms with E-state index in [0.29, 0.717) is 19.0 Å². The van der Waals surface area contributed by atoms with Gasteiger partial charge in [0.2, 0.25) is 11.8 Å². The Bertz CT molecular complexity index is 743. The maximum atomic E-state index is 12.7. The van der Waals surface area contributed by atoms with Gasteiger partial charge >= 0.3 is 0 Å². The second-order valence-electron chi connectivity index (χ2n) is 7.66. The normalized spacial score (nSPS) is 28.3. The van der Waals surface area contributed by atoms with Crippen LogP contribution in [0.1, 0.15) is 19.3 Å². The van der Waals surface area contributed by atoms with Crippen LogP contribution in [0, 0.1) is 23.7 Å². The third-order valence-corrected chi connectivity index (χ3v) is 6.02. The fourth-order valence-corrected chi connectivity index (χ4v) is 4.65. The monoisotopic (exact) mass is 385 g/mol. The first-order chi connectivity index (χ1) is 13.7. The average Bonchev–Trinajstić information content (AvgIpc) is 3.47. The lowest BCUT2D eigenvalue weighted by Gasteiger charge is -2.18. The summed E-state index contributed by atoms with van der Waals surface area (Å²) in [6.07, 6.45) is 10.6. The smallest absolute Gasteiger partial charge is 0.233 e. The Morgan fingerprint density at radius 2 is 1.68 bits per heavy atom. The maximum absolute atomic E-state index is 12.7. The third kappa shape index (κ3) is 3.53. The molecule has 9 heteroatoms. The molecule has 2 fully saturated rings. The summed E-state index contributed by atoms with van der Waals surface area (Å²) < 4.78 is 1.95. The first kappa shape index (κ1) is 18.6. The molecule has 0 aromatic carbocycles. The van der Waals surface area contributed by atoms with E-state index in [0.717, 1.165) is 32.4 Å². The second kappa shape index (κ2) is 8.12. The van der Waals surface area contributed by atoms with Crippen molar-refractivity contribution < 1.29 is 9.59 Å². The minimum Gasteiger partial charge on any atom is -0.356 e. The van der Waals surface area contributed by atoms with Crippen molar-refractivity contribution in [2.24, 2.45) is 28.7 Å². The van der Waals surface area contributed by atoms with Crippen LogP contribution in [-0.2, 0) is 16.1 Å². The molecule has 4 atom stereocenters. The van der Waals surface area contributed by atoms with Gasteiger partial charge < -0.3 is 15.2 Å². The number of imide groups is 1. The number of aromatic nitrogens is 3. The summed E-state index contributed by atoms with van der Waals surface area (Å²) in [6, 6.07) is 0. The zero-order valence-corrected chi connectivity index (χ0v) is 16.1. The maximum Gasteiger partial charge on any atom is 0.233 e. The van der Waals surface area contributed by atoms with E-state index >= 15 is 0 Å². The molecule has 2 aliphatic carbocycles. The van der Waals surface area contributed by atoms with E-state index in [4.69, 9.17) is 0 Å². The Morgan fingerprint density at radius 3 is 2.32 bits per heavy atom. The molecule has 28 heavy (non-hydrogen) atoms. The molecule has 4 unspecified atom stereocenters. The number of nitrogens with zero attached hydrogens (tertiary/aromatic N) is 5. The van der Waals surface area contributed by atoms with Gasteiger partial charge in [-0.3, -0.25) is 19.5 Å². The quantitative estimate of drug-likeness (QED) is 0.215. The van der Waals surface area contributed by atoms with Gasteiger partial charge in [0, 0.05) is 33.2 Å². The predicted molar refractivity (Wildman–Crippen MR) is 103 cm³/mol. The van der Waals surface area contributed by atoms with Gasteiger partial charge in [-0.25, -0.2) is 0 Å². The molecule has 1 aromatic rings. The van der Waals surface area contributed by atoms with E-state index in [1.165, 1.54) is 4.90 Å². The SMILES string of the molecule is CN=C(NCCCCn1cnnc1)NCCN1C(=O)C2C3C=CC(C3)C2C1=O. The van der Waals surface area contributed by atoms with Gasteiger partial charge in [-0.1, -0.05) is 12.2 Å².